The van der Waals surface area contributed by atoms with E-state index in [1.165, 1.54) is 12.8 Å². The van der Waals surface area contributed by atoms with Gasteiger partial charge in [0.2, 0.25) is 5.95 Å². The van der Waals surface area contributed by atoms with Crippen molar-refractivity contribution in [3.05, 3.63) is 6.20 Å². The number of anilines is 2. The molecule has 1 N–H and O–H groups in total. The highest BCUT2D eigenvalue weighted by Gasteiger charge is 2.19. The van der Waals surface area contributed by atoms with E-state index < -0.39 is 0 Å². The van der Waals surface area contributed by atoms with Crippen LogP contribution in [0.2, 0.25) is 0 Å². The second kappa shape index (κ2) is 5.98. The first-order chi connectivity index (χ1) is 8.69. The lowest BCUT2D eigenvalue weighted by Crippen LogP contribution is -2.35. The molecule has 0 radical (unpaired) electrons. The Kier molecular flexibility index (Phi) is 4.33. The maximum atomic E-state index is 4.56. The fourth-order valence-corrected chi connectivity index (χ4v) is 2.22. The molecule has 100 valence electrons. The van der Waals surface area contributed by atoms with Gasteiger partial charge in [-0.2, -0.15) is 10.1 Å². The fourth-order valence-electron chi connectivity index (χ4n) is 2.22. The maximum Gasteiger partial charge on any atom is 0.247 e. The van der Waals surface area contributed by atoms with E-state index in [-0.39, 0.29) is 0 Å². The molecule has 1 fully saturated rings. The standard InChI is InChI=1S/C13H23N5/c1-4-11(3)15-12-8-14-17-13(16-12)18-7-5-6-10(2)9-18/h8,10-11H,4-7,9H2,1-3H3,(H,15,16,17). The van der Waals surface area contributed by atoms with Crippen molar-refractivity contribution in [3.63, 3.8) is 0 Å². The van der Waals surface area contributed by atoms with Crippen molar-refractivity contribution in [2.75, 3.05) is 23.3 Å². The molecule has 1 aliphatic heterocycles. The Labute approximate surface area is 109 Å². The fraction of sp³-hybridized carbons (Fsp3) is 0.769. The van der Waals surface area contributed by atoms with Crippen LogP contribution in [0.25, 0.3) is 0 Å². The van der Waals surface area contributed by atoms with Gasteiger partial charge in [0.25, 0.3) is 0 Å². The first-order valence-electron chi connectivity index (χ1n) is 6.90. The second-order valence-corrected chi connectivity index (χ2v) is 5.29. The van der Waals surface area contributed by atoms with E-state index in [0.29, 0.717) is 12.0 Å². The summed E-state index contributed by atoms with van der Waals surface area (Å²) in [6, 6.07) is 0.412. The molecule has 5 heteroatoms. The zero-order chi connectivity index (χ0) is 13.0. The number of hydrogen-bond donors (Lipinski definition) is 1. The lowest BCUT2D eigenvalue weighted by molar-refractivity contribution is 0.441. The smallest absolute Gasteiger partial charge is 0.247 e. The monoisotopic (exact) mass is 249 g/mol. The van der Waals surface area contributed by atoms with Crippen LogP contribution in [-0.4, -0.2) is 34.3 Å². The van der Waals surface area contributed by atoms with Gasteiger partial charge in [0, 0.05) is 19.1 Å². The molecule has 2 rings (SSSR count). The molecule has 0 bridgehead atoms. The van der Waals surface area contributed by atoms with Crippen LogP contribution in [0, 0.1) is 5.92 Å². The molecule has 1 saturated heterocycles. The van der Waals surface area contributed by atoms with Crippen molar-refractivity contribution in [2.45, 2.75) is 46.1 Å². The van der Waals surface area contributed by atoms with Crippen LogP contribution in [0.4, 0.5) is 11.8 Å². The normalized spacial score (nSPS) is 21.7. The molecule has 2 heterocycles. The number of nitrogens with zero attached hydrogens (tertiary/aromatic N) is 4. The molecule has 5 nitrogen and oxygen atoms in total. The highest BCUT2D eigenvalue weighted by Crippen LogP contribution is 2.20. The molecule has 0 spiro atoms. The van der Waals surface area contributed by atoms with Crippen molar-refractivity contribution in [1.82, 2.24) is 15.2 Å². The van der Waals surface area contributed by atoms with Crippen LogP contribution in [0.15, 0.2) is 6.20 Å². The summed E-state index contributed by atoms with van der Waals surface area (Å²) in [7, 11) is 0. The number of hydrogen-bond acceptors (Lipinski definition) is 5. The summed E-state index contributed by atoms with van der Waals surface area (Å²) in [6.07, 6.45) is 5.28. The first kappa shape index (κ1) is 13.1. The van der Waals surface area contributed by atoms with Gasteiger partial charge in [-0.05, 0) is 32.1 Å². The summed E-state index contributed by atoms with van der Waals surface area (Å²) in [5, 5.41) is 11.6. The predicted octanol–water partition coefficient (Wildman–Crippen LogP) is 2.32. The molecule has 0 aliphatic carbocycles. The van der Waals surface area contributed by atoms with Crippen LogP contribution >= 0.6 is 0 Å². The highest BCUT2D eigenvalue weighted by molar-refractivity contribution is 5.39. The van der Waals surface area contributed by atoms with E-state index in [4.69, 9.17) is 0 Å². The minimum atomic E-state index is 0.412. The van der Waals surface area contributed by atoms with E-state index >= 15 is 0 Å². The summed E-state index contributed by atoms with van der Waals surface area (Å²) in [4.78, 5) is 6.80. The molecule has 1 aromatic heterocycles. The lowest BCUT2D eigenvalue weighted by Gasteiger charge is -2.30. The third-order valence-electron chi connectivity index (χ3n) is 3.49. The van der Waals surface area contributed by atoms with Crippen LogP contribution in [-0.2, 0) is 0 Å². The van der Waals surface area contributed by atoms with Crippen LogP contribution < -0.4 is 10.2 Å². The summed E-state index contributed by atoms with van der Waals surface area (Å²) < 4.78 is 0. The summed E-state index contributed by atoms with van der Waals surface area (Å²) in [5.74, 6) is 2.30. The van der Waals surface area contributed by atoms with Gasteiger partial charge < -0.3 is 10.2 Å². The average molecular weight is 249 g/mol. The Morgan fingerprint density at radius 1 is 1.56 bits per heavy atom. The molecule has 18 heavy (non-hydrogen) atoms. The van der Waals surface area contributed by atoms with Gasteiger partial charge >= 0.3 is 0 Å². The summed E-state index contributed by atoms with van der Waals surface area (Å²) >= 11 is 0. The van der Waals surface area contributed by atoms with Gasteiger partial charge in [0.05, 0.1) is 6.20 Å². The van der Waals surface area contributed by atoms with Crippen molar-refractivity contribution in [2.24, 2.45) is 5.92 Å². The molecular formula is C13H23N5. The Bertz CT molecular complexity index is 381. The zero-order valence-corrected chi connectivity index (χ0v) is 11.6. The van der Waals surface area contributed by atoms with Crippen molar-refractivity contribution >= 4 is 11.8 Å². The Morgan fingerprint density at radius 2 is 2.39 bits per heavy atom. The van der Waals surface area contributed by atoms with Gasteiger partial charge in [0.15, 0.2) is 5.82 Å². The molecular weight excluding hydrogens is 226 g/mol. The van der Waals surface area contributed by atoms with Gasteiger partial charge in [-0.25, -0.2) is 0 Å². The van der Waals surface area contributed by atoms with Gasteiger partial charge in [-0.3, -0.25) is 0 Å². The average Bonchev–Trinajstić information content (AvgIpc) is 2.39. The van der Waals surface area contributed by atoms with Gasteiger partial charge in [-0.1, -0.05) is 13.8 Å². The number of piperidine rings is 1. The third-order valence-corrected chi connectivity index (χ3v) is 3.49. The first-order valence-corrected chi connectivity index (χ1v) is 6.90. The third kappa shape index (κ3) is 3.31. The Balaban J connectivity index is 2.06. The van der Waals surface area contributed by atoms with Crippen LogP contribution in [0.1, 0.15) is 40.0 Å². The number of rotatable bonds is 4. The second-order valence-electron chi connectivity index (χ2n) is 5.29. The molecule has 2 atom stereocenters. The van der Waals surface area contributed by atoms with E-state index in [1.54, 1.807) is 6.20 Å². The largest absolute Gasteiger partial charge is 0.366 e. The van der Waals surface area contributed by atoms with Crippen LogP contribution in [0.5, 0.6) is 0 Å². The highest BCUT2D eigenvalue weighted by atomic mass is 15.3. The van der Waals surface area contributed by atoms with E-state index in [0.717, 1.165) is 31.3 Å². The SMILES string of the molecule is CCC(C)Nc1cnnc(N2CCCC(C)C2)n1. The minimum absolute atomic E-state index is 0.412. The van der Waals surface area contributed by atoms with E-state index in [9.17, 15) is 0 Å². The topological polar surface area (TPSA) is 53.9 Å². The lowest BCUT2D eigenvalue weighted by atomic mass is 10.0. The Morgan fingerprint density at radius 3 is 3.11 bits per heavy atom. The maximum absolute atomic E-state index is 4.56. The van der Waals surface area contributed by atoms with E-state index in [1.807, 2.05) is 0 Å². The van der Waals surface area contributed by atoms with Crippen molar-refractivity contribution in [3.8, 4) is 0 Å². The van der Waals surface area contributed by atoms with Gasteiger partial charge in [-0.15, -0.1) is 5.10 Å². The summed E-state index contributed by atoms with van der Waals surface area (Å²) in [5.41, 5.74) is 0. The van der Waals surface area contributed by atoms with Gasteiger partial charge in [0.1, 0.15) is 0 Å². The minimum Gasteiger partial charge on any atom is -0.366 e. The Hall–Kier alpha value is -1.39. The number of aromatic nitrogens is 3. The van der Waals surface area contributed by atoms with Crippen molar-refractivity contribution < 1.29 is 0 Å². The molecule has 1 aromatic rings. The molecule has 2 unspecified atom stereocenters. The number of nitrogens with one attached hydrogen (secondary N) is 1. The quantitative estimate of drug-likeness (QED) is 0.887. The van der Waals surface area contributed by atoms with Crippen molar-refractivity contribution in [1.29, 1.82) is 0 Å². The molecule has 1 aliphatic rings. The molecule has 0 amide bonds. The zero-order valence-electron chi connectivity index (χ0n) is 11.6. The molecule has 0 saturated carbocycles. The molecule has 0 aromatic carbocycles. The van der Waals surface area contributed by atoms with E-state index in [2.05, 4.69) is 46.2 Å². The summed E-state index contributed by atoms with van der Waals surface area (Å²) in [6.45, 7) is 8.65. The van der Waals surface area contributed by atoms with Crippen LogP contribution in [0.3, 0.4) is 0 Å². The predicted molar refractivity (Wildman–Crippen MR) is 73.8 cm³/mol.